The third-order valence-corrected chi connectivity index (χ3v) is 6.41. The number of amides is 4. The number of pyridine rings is 1. The first-order valence-electron chi connectivity index (χ1n) is 12.5. The molecule has 0 saturated carbocycles. The second kappa shape index (κ2) is 12.2. The van der Waals surface area contributed by atoms with Crippen molar-refractivity contribution in [2.75, 3.05) is 19.6 Å². The van der Waals surface area contributed by atoms with Crippen molar-refractivity contribution in [3.8, 4) is 0 Å². The van der Waals surface area contributed by atoms with E-state index in [2.05, 4.69) is 27.0 Å². The molecule has 0 unspecified atom stereocenters. The predicted molar refractivity (Wildman–Crippen MR) is 142 cm³/mol. The Morgan fingerprint density at radius 2 is 1.77 bits per heavy atom. The van der Waals surface area contributed by atoms with Gasteiger partial charge in [0.1, 0.15) is 11.7 Å². The highest BCUT2D eigenvalue weighted by atomic mass is 16.4. The first kappa shape index (κ1) is 27.2. The van der Waals surface area contributed by atoms with Gasteiger partial charge in [-0.2, -0.15) is 0 Å². The molecule has 1 aromatic heterocycles. The summed E-state index contributed by atoms with van der Waals surface area (Å²) in [6.07, 6.45) is 0.0111. The lowest BCUT2D eigenvalue weighted by atomic mass is 9.97. The van der Waals surface area contributed by atoms with Gasteiger partial charge in [0.25, 0.3) is 5.91 Å². The number of aryl methyl sites for hydroxylation is 1. The molecule has 202 valence electrons. The fourth-order valence-electron chi connectivity index (χ4n) is 4.37. The number of aliphatic carboxylic acids is 1. The molecule has 4 rings (SSSR count). The van der Waals surface area contributed by atoms with E-state index in [0.717, 1.165) is 16.5 Å². The molecule has 2 aromatic carbocycles. The number of benzene rings is 2. The van der Waals surface area contributed by atoms with Crippen molar-refractivity contribution >= 4 is 40.5 Å². The summed E-state index contributed by atoms with van der Waals surface area (Å²) in [5.41, 5.74) is 4.11. The number of fused-ring (bicyclic) bond motifs is 2. The Hall–Kier alpha value is -4.80. The standard InChI is InChI=1S/C28H29N5O6/c1-17-6-7-20-16-33(11-10-19(20)12-17)25(35)15-30-28(39)23(13-26(36)37)32-24(34)14-29-27(38)22-9-8-18-4-2-3-5-21(18)31-22/h2-9,12,23H,10-11,13-16H2,1H3,(H,29,38)(H,30,39)(H,32,34)(H,36,37)/t23-/m0/s1. The van der Waals surface area contributed by atoms with Crippen molar-refractivity contribution in [2.45, 2.75) is 32.4 Å². The highest BCUT2D eigenvalue weighted by Crippen LogP contribution is 2.20. The van der Waals surface area contributed by atoms with Crippen LogP contribution in [0.15, 0.2) is 54.6 Å². The van der Waals surface area contributed by atoms with Gasteiger partial charge in [0.2, 0.25) is 17.7 Å². The molecule has 0 bridgehead atoms. The van der Waals surface area contributed by atoms with E-state index >= 15 is 0 Å². The summed E-state index contributed by atoms with van der Waals surface area (Å²) in [5, 5.41) is 17.2. The van der Waals surface area contributed by atoms with Gasteiger partial charge in [0.15, 0.2) is 0 Å². The molecule has 0 fully saturated rings. The molecule has 4 amide bonds. The Kier molecular flexibility index (Phi) is 8.50. The van der Waals surface area contributed by atoms with Crippen LogP contribution in [0.5, 0.6) is 0 Å². The summed E-state index contributed by atoms with van der Waals surface area (Å²) in [6, 6.07) is 15.1. The average Bonchev–Trinajstić information content (AvgIpc) is 2.93. The maximum atomic E-state index is 12.7. The number of nitrogens with one attached hydrogen (secondary N) is 3. The van der Waals surface area contributed by atoms with Crippen molar-refractivity contribution in [1.82, 2.24) is 25.8 Å². The largest absolute Gasteiger partial charge is 0.481 e. The second-order valence-electron chi connectivity index (χ2n) is 9.35. The van der Waals surface area contributed by atoms with Crippen LogP contribution in [0, 0.1) is 6.92 Å². The van der Waals surface area contributed by atoms with Crippen LogP contribution < -0.4 is 16.0 Å². The van der Waals surface area contributed by atoms with Gasteiger partial charge in [-0.25, -0.2) is 4.98 Å². The third kappa shape index (κ3) is 7.16. The zero-order valence-corrected chi connectivity index (χ0v) is 21.4. The number of nitrogens with zero attached hydrogens (tertiary/aromatic N) is 2. The number of para-hydroxylation sites is 1. The van der Waals surface area contributed by atoms with Crippen molar-refractivity contribution in [2.24, 2.45) is 0 Å². The SMILES string of the molecule is Cc1ccc2c(c1)CCN(C(=O)CNC(=O)[C@H](CC(=O)O)NC(=O)CNC(=O)c1ccc3ccccc3n1)C2. The minimum Gasteiger partial charge on any atom is -0.481 e. The van der Waals surface area contributed by atoms with Gasteiger partial charge in [0.05, 0.1) is 25.0 Å². The average molecular weight is 532 g/mol. The lowest BCUT2D eigenvalue weighted by Crippen LogP contribution is -2.52. The summed E-state index contributed by atoms with van der Waals surface area (Å²) in [4.78, 5) is 67.4. The van der Waals surface area contributed by atoms with Gasteiger partial charge in [0, 0.05) is 18.5 Å². The maximum absolute atomic E-state index is 12.7. The quantitative estimate of drug-likeness (QED) is 0.320. The molecule has 0 saturated heterocycles. The van der Waals surface area contributed by atoms with Crippen molar-refractivity contribution in [3.05, 3.63) is 77.0 Å². The zero-order chi connectivity index (χ0) is 27.9. The number of carbonyl (C=O) groups excluding carboxylic acids is 4. The van der Waals surface area contributed by atoms with E-state index in [4.69, 9.17) is 0 Å². The van der Waals surface area contributed by atoms with Gasteiger partial charge in [-0.3, -0.25) is 24.0 Å². The van der Waals surface area contributed by atoms with E-state index < -0.39 is 42.7 Å². The van der Waals surface area contributed by atoms with E-state index in [9.17, 15) is 29.1 Å². The van der Waals surface area contributed by atoms with E-state index in [1.54, 1.807) is 23.1 Å². The lowest BCUT2D eigenvalue weighted by Gasteiger charge is -2.29. The molecule has 1 aliphatic rings. The molecule has 39 heavy (non-hydrogen) atoms. The Morgan fingerprint density at radius 1 is 0.974 bits per heavy atom. The Bertz CT molecular complexity index is 1440. The van der Waals surface area contributed by atoms with Gasteiger partial charge >= 0.3 is 5.97 Å². The van der Waals surface area contributed by atoms with Crippen molar-refractivity contribution < 1.29 is 29.1 Å². The molecule has 1 aliphatic heterocycles. The predicted octanol–water partition coefficient (Wildman–Crippen LogP) is 0.934. The normalized spacial score (nSPS) is 13.2. The summed E-state index contributed by atoms with van der Waals surface area (Å²) < 4.78 is 0. The number of carboxylic acid groups (broad SMARTS) is 1. The molecule has 3 aromatic rings. The van der Waals surface area contributed by atoms with E-state index in [-0.39, 0.29) is 18.1 Å². The van der Waals surface area contributed by atoms with Crippen LogP contribution >= 0.6 is 0 Å². The number of rotatable bonds is 9. The fourth-order valence-corrected chi connectivity index (χ4v) is 4.37. The Morgan fingerprint density at radius 3 is 2.56 bits per heavy atom. The molecule has 0 spiro atoms. The van der Waals surface area contributed by atoms with Crippen LogP contribution in [-0.4, -0.2) is 70.3 Å². The molecule has 11 heteroatoms. The van der Waals surface area contributed by atoms with E-state index in [1.165, 1.54) is 11.6 Å². The fraction of sp³-hybridized carbons (Fsp3) is 0.286. The zero-order valence-electron chi connectivity index (χ0n) is 21.4. The van der Waals surface area contributed by atoms with Crippen LogP contribution in [0.2, 0.25) is 0 Å². The van der Waals surface area contributed by atoms with Gasteiger partial charge in [-0.05, 0) is 36.6 Å². The summed E-state index contributed by atoms with van der Waals surface area (Å²) >= 11 is 0. The smallest absolute Gasteiger partial charge is 0.305 e. The topological polar surface area (TPSA) is 158 Å². The number of carbonyl (C=O) groups is 5. The lowest BCUT2D eigenvalue weighted by molar-refractivity contribution is -0.140. The second-order valence-corrected chi connectivity index (χ2v) is 9.35. The van der Waals surface area contributed by atoms with Crippen molar-refractivity contribution in [3.63, 3.8) is 0 Å². The molecule has 11 nitrogen and oxygen atoms in total. The Labute approximate surface area is 224 Å². The van der Waals surface area contributed by atoms with Crippen molar-refractivity contribution in [1.29, 1.82) is 0 Å². The minimum atomic E-state index is -1.43. The first-order valence-corrected chi connectivity index (χ1v) is 12.5. The number of hydrogen-bond donors (Lipinski definition) is 4. The van der Waals surface area contributed by atoms with Crippen LogP contribution in [0.4, 0.5) is 0 Å². The molecule has 0 aliphatic carbocycles. The van der Waals surface area contributed by atoms with Crippen LogP contribution in [0.25, 0.3) is 10.9 Å². The highest BCUT2D eigenvalue weighted by molar-refractivity contribution is 5.98. The van der Waals surface area contributed by atoms with E-state index in [1.807, 2.05) is 31.2 Å². The molecular weight excluding hydrogens is 502 g/mol. The van der Waals surface area contributed by atoms with Crippen LogP contribution in [0.1, 0.15) is 33.6 Å². The molecule has 2 heterocycles. The molecular formula is C28H29N5O6. The Balaban J connectivity index is 1.28. The van der Waals surface area contributed by atoms with Crippen LogP contribution in [-0.2, 0) is 32.1 Å². The summed E-state index contributed by atoms with van der Waals surface area (Å²) in [5.74, 6) is -3.80. The molecule has 0 radical (unpaired) electrons. The molecule has 1 atom stereocenters. The van der Waals surface area contributed by atoms with Gasteiger partial charge in [-0.1, -0.05) is 48.0 Å². The molecule has 4 N–H and O–H groups in total. The third-order valence-electron chi connectivity index (χ3n) is 6.41. The highest BCUT2D eigenvalue weighted by Gasteiger charge is 2.26. The monoisotopic (exact) mass is 531 g/mol. The summed E-state index contributed by atoms with van der Waals surface area (Å²) in [6.45, 7) is 2.10. The van der Waals surface area contributed by atoms with Gasteiger partial charge in [-0.15, -0.1) is 0 Å². The van der Waals surface area contributed by atoms with Crippen LogP contribution in [0.3, 0.4) is 0 Å². The minimum absolute atomic E-state index is 0.107. The number of aromatic nitrogens is 1. The number of hydrogen-bond acceptors (Lipinski definition) is 6. The van der Waals surface area contributed by atoms with E-state index in [0.29, 0.717) is 25.0 Å². The summed E-state index contributed by atoms with van der Waals surface area (Å²) in [7, 11) is 0. The maximum Gasteiger partial charge on any atom is 0.305 e. The number of carboxylic acids is 1. The van der Waals surface area contributed by atoms with Gasteiger partial charge < -0.3 is 26.0 Å². The first-order chi connectivity index (χ1) is 18.7.